The number of nitrogens with two attached hydrogens (primary N) is 1. The Balaban J connectivity index is 4.84. The van der Waals surface area contributed by atoms with Gasteiger partial charge in [-0.25, -0.2) is 0 Å². The molecule has 0 amide bonds. The van der Waals surface area contributed by atoms with Crippen LogP contribution in [0, 0.1) is 0 Å². The molecule has 0 rings (SSSR count). The van der Waals surface area contributed by atoms with Gasteiger partial charge in [0, 0.05) is 19.0 Å². The van der Waals surface area contributed by atoms with Gasteiger partial charge in [-0.15, -0.1) is 0 Å². The van der Waals surface area contributed by atoms with E-state index >= 15 is 0 Å². The highest BCUT2D eigenvalue weighted by Crippen LogP contribution is 2.01. The summed E-state index contributed by atoms with van der Waals surface area (Å²) in [5.41, 5.74) is 10.4. The van der Waals surface area contributed by atoms with Gasteiger partial charge in [0.2, 0.25) is 0 Å². The zero-order valence-corrected chi connectivity index (χ0v) is 13.5. The molecule has 3 N–H and O–H groups in total. The molecule has 0 radical (unpaired) electrons. The van der Waals surface area contributed by atoms with E-state index in [0.717, 1.165) is 0 Å². The predicted octanol–water partition coefficient (Wildman–Crippen LogP) is 1.55. The maximum atomic E-state index is 11.1. The Bertz CT molecular complexity index is 556. The molecule has 0 spiro atoms. The Morgan fingerprint density at radius 2 is 2.00 bits per heavy atom. The monoisotopic (exact) mass is 305 g/mol. The van der Waals surface area contributed by atoms with E-state index in [4.69, 9.17) is 5.73 Å². The van der Waals surface area contributed by atoms with Crippen LogP contribution in [0.25, 0.3) is 0 Å². The average molecular weight is 305 g/mol. The highest BCUT2D eigenvalue weighted by molar-refractivity contribution is 6.48. The molecule has 0 fully saturated rings. The van der Waals surface area contributed by atoms with Crippen LogP contribution < -0.4 is 11.2 Å². The molecule has 0 aromatic heterocycles. The van der Waals surface area contributed by atoms with Gasteiger partial charge in [-0.05, 0) is 25.5 Å². The second-order valence-electron chi connectivity index (χ2n) is 4.36. The Morgan fingerprint density at radius 3 is 2.50 bits per heavy atom. The third-order valence-electron chi connectivity index (χ3n) is 2.44. The number of ether oxygens (including phenoxy) is 1. The topological polar surface area (TPSA) is 101 Å². The molecular formula is C15H23N5O2. The average Bonchev–Trinajstić information content (AvgIpc) is 2.45. The van der Waals surface area contributed by atoms with Crippen LogP contribution in [0.5, 0.6) is 0 Å². The fourth-order valence-corrected chi connectivity index (χ4v) is 1.41. The first-order valence-corrected chi connectivity index (χ1v) is 6.49. The molecule has 0 bridgehead atoms. The number of nitrogens with zero attached hydrogens (tertiary/aromatic N) is 3. The van der Waals surface area contributed by atoms with Gasteiger partial charge in [-0.2, -0.15) is 5.10 Å². The number of carbonyl (C=O) groups excluding carboxylic acids is 1. The molecule has 0 aromatic carbocycles. The third kappa shape index (κ3) is 7.78. The highest BCUT2D eigenvalue weighted by atomic mass is 16.5. The van der Waals surface area contributed by atoms with E-state index in [1.807, 2.05) is 0 Å². The summed E-state index contributed by atoms with van der Waals surface area (Å²) in [6.45, 7) is 10.9. The maximum absolute atomic E-state index is 11.1. The number of nitrogens with one attached hydrogen (secondary N) is 1. The Kier molecular flexibility index (Phi) is 8.85. The molecule has 0 aliphatic carbocycles. The molecule has 0 aromatic rings. The predicted molar refractivity (Wildman–Crippen MR) is 91.0 cm³/mol. The number of esters is 1. The first-order chi connectivity index (χ1) is 10.3. The summed E-state index contributed by atoms with van der Waals surface area (Å²) in [4.78, 5) is 19.3. The molecule has 22 heavy (non-hydrogen) atoms. The van der Waals surface area contributed by atoms with Gasteiger partial charge >= 0.3 is 5.97 Å². The fourth-order valence-electron chi connectivity index (χ4n) is 1.41. The number of rotatable bonds is 8. The first-order valence-electron chi connectivity index (χ1n) is 6.49. The van der Waals surface area contributed by atoms with Crippen LogP contribution in [-0.2, 0) is 9.53 Å². The van der Waals surface area contributed by atoms with Crippen molar-refractivity contribution in [2.45, 2.75) is 20.3 Å². The lowest BCUT2D eigenvalue weighted by molar-refractivity contribution is -0.139. The molecule has 0 aliphatic rings. The Hall–Kier alpha value is -2.70. The molecule has 0 atom stereocenters. The normalized spacial score (nSPS) is 13.2. The van der Waals surface area contributed by atoms with Gasteiger partial charge in [-0.1, -0.05) is 13.2 Å². The summed E-state index contributed by atoms with van der Waals surface area (Å²) in [5.74, 6) is -0.0978. The molecule has 0 unspecified atom stereocenters. The molecule has 0 heterocycles. The quantitative estimate of drug-likeness (QED) is 0.307. The van der Waals surface area contributed by atoms with Crippen molar-refractivity contribution in [2.24, 2.45) is 20.8 Å². The summed E-state index contributed by atoms with van der Waals surface area (Å²) in [5, 5.41) is 4.03. The molecule has 0 aliphatic heterocycles. The highest BCUT2D eigenvalue weighted by Gasteiger charge is 2.06. The number of hydrazone groups is 1. The Morgan fingerprint density at radius 1 is 1.36 bits per heavy atom. The SMILES string of the molecule is C=C(N)N/N=C(\C)C(=NC)C(=C)/C=C\N=C(C)CC(=O)OC. The lowest BCUT2D eigenvalue weighted by atomic mass is 10.1. The van der Waals surface area contributed by atoms with Crippen molar-refractivity contribution in [1.29, 1.82) is 0 Å². The summed E-state index contributed by atoms with van der Waals surface area (Å²) in [6.07, 6.45) is 3.37. The minimum absolute atomic E-state index is 0.144. The Labute approximate surface area is 131 Å². The second-order valence-corrected chi connectivity index (χ2v) is 4.36. The number of carbonyl (C=O) groups is 1. The molecule has 7 heteroatoms. The van der Waals surface area contributed by atoms with Crippen LogP contribution in [0.4, 0.5) is 0 Å². The maximum Gasteiger partial charge on any atom is 0.311 e. The van der Waals surface area contributed by atoms with Crippen molar-refractivity contribution in [3.63, 3.8) is 0 Å². The lowest BCUT2D eigenvalue weighted by Crippen LogP contribution is -2.19. The van der Waals surface area contributed by atoms with E-state index < -0.39 is 0 Å². The zero-order chi connectivity index (χ0) is 17.1. The summed E-state index contributed by atoms with van der Waals surface area (Å²) in [7, 11) is 2.97. The number of hydrogen-bond donors (Lipinski definition) is 2. The van der Waals surface area contributed by atoms with E-state index in [9.17, 15) is 4.79 Å². The standard InChI is InChI=1S/C15H23N5O2/c1-10(7-8-18-11(2)9-14(21)22-6)15(17-5)12(3)19-20-13(4)16/h7-8,20H,1,4,9,16H2,2-3,5-6H3/b8-7-,17-15?,18-11?,19-12+. The number of methoxy groups -OCH3 is 1. The van der Waals surface area contributed by atoms with Crippen molar-refractivity contribution in [2.75, 3.05) is 14.2 Å². The second kappa shape index (κ2) is 10.1. The van der Waals surface area contributed by atoms with Gasteiger partial charge < -0.3 is 10.5 Å². The molecule has 0 saturated carbocycles. The van der Waals surface area contributed by atoms with E-state index in [-0.39, 0.29) is 18.2 Å². The number of aliphatic imine (C=N–C) groups is 2. The van der Waals surface area contributed by atoms with Crippen molar-refractivity contribution in [3.05, 3.63) is 36.8 Å². The van der Waals surface area contributed by atoms with Crippen LogP contribution >= 0.6 is 0 Å². The van der Waals surface area contributed by atoms with Gasteiger partial charge in [-0.3, -0.25) is 20.2 Å². The van der Waals surface area contributed by atoms with Crippen LogP contribution in [0.1, 0.15) is 20.3 Å². The van der Waals surface area contributed by atoms with Gasteiger partial charge in [0.05, 0.1) is 25.0 Å². The number of allylic oxidation sites excluding steroid dienone is 2. The smallest absolute Gasteiger partial charge is 0.311 e. The van der Waals surface area contributed by atoms with Crippen molar-refractivity contribution >= 4 is 23.1 Å². The first kappa shape index (κ1) is 19.3. The minimum Gasteiger partial charge on any atom is -0.469 e. The molecule has 7 nitrogen and oxygen atoms in total. The summed E-state index contributed by atoms with van der Waals surface area (Å²) < 4.78 is 4.56. The van der Waals surface area contributed by atoms with Crippen LogP contribution in [0.15, 0.2) is 51.9 Å². The van der Waals surface area contributed by atoms with Crippen molar-refractivity contribution < 1.29 is 9.53 Å². The molecule has 0 saturated heterocycles. The van der Waals surface area contributed by atoms with Gasteiger partial charge in [0.1, 0.15) is 5.82 Å². The molecule has 120 valence electrons. The minimum atomic E-state index is -0.333. The van der Waals surface area contributed by atoms with Crippen LogP contribution in [0.3, 0.4) is 0 Å². The molecular weight excluding hydrogens is 282 g/mol. The largest absolute Gasteiger partial charge is 0.469 e. The van der Waals surface area contributed by atoms with E-state index in [0.29, 0.717) is 22.7 Å². The van der Waals surface area contributed by atoms with Crippen LogP contribution in [0.2, 0.25) is 0 Å². The summed E-state index contributed by atoms with van der Waals surface area (Å²) >= 11 is 0. The fraction of sp³-hybridized carbons (Fsp3) is 0.333. The van der Waals surface area contributed by atoms with Crippen molar-refractivity contribution in [1.82, 2.24) is 5.43 Å². The summed E-state index contributed by atoms with van der Waals surface area (Å²) in [6, 6.07) is 0. The van der Waals surface area contributed by atoms with Gasteiger partial charge in [0.15, 0.2) is 0 Å². The zero-order valence-electron chi connectivity index (χ0n) is 13.5. The lowest BCUT2D eigenvalue weighted by Gasteiger charge is -2.06. The number of hydrogen-bond acceptors (Lipinski definition) is 7. The van der Waals surface area contributed by atoms with Crippen molar-refractivity contribution in [3.8, 4) is 0 Å². The van der Waals surface area contributed by atoms with E-state index in [1.165, 1.54) is 7.11 Å². The third-order valence-corrected chi connectivity index (χ3v) is 2.44. The van der Waals surface area contributed by atoms with Gasteiger partial charge in [0.25, 0.3) is 0 Å². The van der Waals surface area contributed by atoms with Crippen LogP contribution in [-0.4, -0.2) is 37.3 Å². The van der Waals surface area contributed by atoms with E-state index in [1.54, 1.807) is 33.2 Å². The van der Waals surface area contributed by atoms with E-state index in [2.05, 4.69) is 38.4 Å².